The molecular weight excluding hydrogens is 628 g/mol. The fourth-order valence-electron chi connectivity index (χ4n) is 5.93. The number of morpholine rings is 1. The maximum atomic E-state index is 11.9. The number of hydrogen-bond donors (Lipinski definition) is 0. The Labute approximate surface area is 293 Å². The van der Waals surface area contributed by atoms with Gasteiger partial charge in [-0.3, -0.25) is 9.74 Å². The Hall–Kier alpha value is -3.11. The van der Waals surface area contributed by atoms with E-state index in [4.69, 9.17) is 30.6 Å². The number of rotatable bonds is 18. The van der Waals surface area contributed by atoms with Crippen molar-refractivity contribution in [1.29, 1.82) is 0 Å². The molecule has 9 nitrogen and oxygen atoms in total. The van der Waals surface area contributed by atoms with Gasteiger partial charge in [0.25, 0.3) is 0 Å². The smallest absolute Gasteiger partial charge is 0.438 e. The molecule has 3 aromatic rings. The maximum Gasteiger partial charge on any atom is 0.438 e. The average molecular weight is 685 g/mol. The second-order valence-corrected chi connectivity index (χ2v) is 12.9. The molecule has 2 unspecified atom stereocenters. The van der Waals surface area contributed by atoms with Crippen molar-refractivity contribution in [3.8, 4) is 11.6 Å². The number of carbonyl (C=O) groups excluding carboxylic acids is 1. The second kappa shape index (κ2) is 22.5. The van der Waals surface area contributed by atoms with Crippen molar-refractivity contribution in [1.82, 2.24) is 14.7 Å². The van der Waals surface area contributed by atoms with Gasteiger partial charge in [0.2, 0.25) is 5.88 Å². The number of carbonyl (C=O) groups is 1. The number of benzene rings is 2. The predicted octanol–water partition coefficient (Wildman–Crippen LogP) is 9.65. The summed E-state index contributed by atoms with van der Waals surface area (Å²) in [5.41, 5.74) is 2.14. The first kappa shape index (κ1) is 39.3. The second-order valence-electron chi connectivity index (χ2n) is 12.5. The van der Waals surface area contributed by atoms with E-state index in [0.29, 0.717) is 28.8 Å². The van der Waals surface area contributed by atoms with Gasteiger partial charge in [-0.25, -0.2) is 9.48 Å². The summed E-state index contributed by atoms with van der Waals surface area (Å²) in [4.78, 5) is 19.6. The predicted molar refractivity (Wildman–Crippen MR) is 194 cm³/mol. The average Bonchev–Trinajstić information content (AvgIpc) is 3.56. The van der Waals surface area contributed by atoms with Crippen molar-refractivity contribution in [2.45, 2.75) is 110 Å². The Bertz CT molecular complexity index is 1290. The van der Waals surface area contributed by atoms with E-state index in [2.05, 4.69) is 30.8 Å². The van der Waals surface area contributed by atoms with Crippen molar-refractivity contribution >= 4 is 23.4 Å². The molecule has 0 spiro atoms. The van der Waals surface area contributed by atoms with Crippen LogP contribution in [0.2, 0.25) is 5.02 Å². The zero-order valence-corrected chi connectivity index (χ0v) is 30.5. The van der Waals surface area contributed by atoms with E-state index in [9.17, 15) is 4.79 Å². The zero-order valence-electron chi connectivity index (χ0n) is 29.7. The molecule has 2 aromatic carbocycles. The highest BCUT2D eigenvalue weighted by Gasteiger charge is 2.21. The number of methoxy groups -OCH3 is 1. The lowest BCUT2D eigenvalue weighted by Gasteiger charge is -2.35. The molecular formula is C38H57ClN4O5. The Morgan fingerprint density at radius 3 is 2.08 bits per heavy atom. The van der Waals surface area contributed by atoms with E-state index < -0.39 is 6.09 Å². The molecule has 0 bridgehead atoms. The van der Waals surface area contributed by atoms with Crippen LogP contribution in [0.5, 0.6) is 5.88 Å². The molecule has 1 aliphatic rings. The third-order valence-electron chi connectivity index (χ3n) is 8.34. The standard InChI is InChI=1S/C19H18ClN3O4.C19H39NO/c1-25-19(24)23(26-2)17-6-4-3-5-14(17)13-27-18-11-12-22(21-18)16-9-7-15(20)8-10-16;1-4-5-6-7-8-9-10-11-12-13-14-15-20-16-18(2)21-19(3)17-20/h3-12H,13H2,1-2H3;18-19H,4-17H2,1-3H3. The number of nitrogens with zero attached hydrogens (tertiary/aromatic N) is 4. The fourth-order valence-corrected chi connectivity index (χ4v) is 6.05. The number of amides is 1. The first-order valence-electron chi connectivity index (χ1n) is 17.7. The number of para-hydroxylation sites is 1. The molecule has 1 aromatic heterocycles. The molecule has 1 fully saturated rings. The number of aromatic nitrogens is 2. The van der Waals surface area contributed by atoms with Gasteiger partial charge in [0, 0.05) is 35.9 Å². The third-order valence-corrected chi connectivity index (χ3v) is 8.59. The maximum absolute atomic E-state index is 11.9. The first-order valence-corrected chi connectivity index (χ1v) is 18.0. The van der Waals surface area contributed by atoms with E-state index in [0.717, 1.165) is 29.4 Å². The largest absolute Gasteiger partial charge is 0.472 e. The van der Waals surface area contributed by atoms with E-state index in [1.165, 1.54) is 91.4 Å². The first-order chi connectivity index (χ1) is 23.3. The lowest BCUT2D eigenvalue weighted by Crippen LogP contribution is -2.45. The molecule has 1 saturated heterocycles. The van der Waals surface area contributed by atoms with Gasteiger partial charge in [0.1, 0.15) is 6.61 Å². The van der Waals surface area contributed by atoms with Crippen LogP contribution in [0.1, 0.15) is 97.0 Å². The van der Waals surface area contributed by atoms with Crippen molar-refractivity contribution in [3.63, 3.8) is 0 Å². The molecule has 0 aliphatic carbocycles. The summed E-state index contributed by atoms with van der Waals surface area (Å²) >= 11 is 5.91. The van der Waals surface area contributed by atoms with Gasteiger partial charge in [-0.2, -0.15) is 5.06 Å². The van der Waals surface area contributed by atoms with E-state index in [1.54, 1.807) is 41.2 Å². The summed E-state index contributed by atoms with van der Waals surface area (Å²) in [6.07, 6.45) is 17.7. The number of unbranched alkanes of at least 4 members (excludes halogenated alkanes) is 10. The van der Waals surface area contributed by atoms with Gasteiger partial charge in [-0.05, 0) is 57.1 Å². The highest BCUT2D eigenvalue weighted by molar-refractivity contribution is 6.30. The molecule has 48 heavy (non-hydrogen) atoms. The Kier molecular flexibility index (Phi) is 18.4. The molecule has 0 N–H and O–H groups in total. The van der Waals surface area contributed by atoms with Crippen LogP contribution in [0, 0.1) is 0 Å². The molecule has 2 atom stereocenters. The fraction of sp³-hybridized carbons (Fsp3) is 0.579. The SMILES string of the molecule is CCCCCCCCCCCCCN1CC(C)OC(C)C1.COC(=O)N(OC)c1ccccc1COc1ccn(-c2ccc(Cl)cc2)n1. The van der Waals surface area contributed by atoms with Crippen LogP contribution in [0.4, 0.5) is 10.5 Å². The Morgan fingerprint density at radius 2 is 1.48 bits per heavy atom. The molecule has 1 amide bonds. The number of anilines is 1. The summed E-state index contributed by atoms with van der Waals surface area (Å²) in [5, 5.41) is 6.11. The Morgan fingerprint density at radius 1 is 0.875 bits per heavy atom. The van der Waals surface area contributed by atoms with Crippen LogP contribution >= 0.6 is 11.6 Å². The number of ether oxygens (including phenoxy) is 3. The normalized spacial score (nSPS) is 16.2. The molecule has 10 heteroatoms. The molecule has 1 aliphatic heterocycles. The number of halogens is 1. The molecule has 266 valence electrons. The summed E-state index contributed by atoms with van der Waals surface area (Å²) in [7, 11) is 2.68. The minimum Gasteiger partial charge on any atom is -0.472 e. The van der Waals surface area contributed by atoms with Gasteiger partial charge < -0.3 is 14.2 Å². The van der Waals surface area contributed by atoms with Crippen LogP contribution in [-0.4, -0.2) is 66.8 Å². The van der Waals surface area contributed by atoms with Gasteiger partial charge in [0.05, 0.1) is 37.8 Å². The van der Waals surface area contributed by atoms with Crippen molar-refractivity contribution in [3.05, 3.63) is 71.4 Å². The third kappa shape index (κ3) is 14.2. The minimum absolute atomic E-state index is 0.199. The summed E-state index contributed by atoms with van der Waals surface area (Å²) in [5.74, 6) is 0.446. The summed E-state index contributed by atoms with van der Waals surface area (Å²) < 4.78 is 18.0. The van der Waals surface area contributed by atoms with Crippen LogP contribution in [0.15, 0.2) is 60.8 Å². The van der Waals surface area contributed by atoms with Crippen LogP contribution in [-0.2, 0) is 20.9 Å². The van der Waals surface area contributed by atoms with Crippen molar-refractivity contribution < 1.29 is 23.8 Å². The van der Waals surface area contributed by atoms with Gasteiger partial charge in [-0.1, -0.05) is 101 Å². The topological polar surface area (TPSA) is 78.3 Å². The molecule has 4 rings (SSSR count). The van der Waals surface area contributed by atoms with Gasteiger partial charge in [0.15, 0.2) is 0 Å². The quantitative estimate of drug-likeness (QED) is 0.0975. The number of hydrogen-bond acceptors (Lipinski definition) is 7. The molecule has 0 radical (unpaired) electrons. The van der Waals surface area contributed by atoms with Crippen LogP contribution in [0.25, 0.3) is 5.69 Å². The van der Waals surface area contributed by atoms with Crippen LogP contribution < -0.4 is 9.80 Å². The van der Waals surface area contributed by atoms with E-state index in [1.807, 2.05) is 24.3 Å². The monoisotopic (exact) mass is 684 g/mol. The minimum atomic E-state index is -0.628. The van der Waals surface area contributed by atoms with Crippen LogP contribution in [0.3, 0.4) is 0 Å². The molecule has 2 heterocycles. The lowest BCUT2D eigenvalue weighted by molar-refractivity contribution is -0.0681. The summed E-state index contributed by atoms with van der Waals surface area (Å²) in [6.45, 7) is 10.4. The van der Waals surface area contributed by atoms with E-state index in [-0.39, 0.29) is 6.61 Å². The zero-order chi connectivity index (χ0) is 34.6. The van der Waals surface area contributed by atoms with Crippen molar-refractivity contribution in [2.24, 2.45) is 0 Å². The Balaban J connectivity index is 0.000000270. The lowest BCUT2D eigenvalue weighted by atomic mass is 10.1. The highest BCUT2D eigenvalue weighted by atomic mass is 35.5. The number of hydroxylamine groups is 1. The van der Waals surface area contributed by atoms with Gasteiger partial charge in [-0.15, -0.1) is 5.10 Å². The summed E-state index contributed by atoms with van der Waals surface area (Å²) in [6, 6.07) is 16.3. The molecule has 0 saturated carbocycles. The van der Waals surface area contributed by atoms with E-state index >= 15 is 0 Å². The van der Waals surface area contributed by atoms with Crippen molar-refractivity contribution in [2.75, 3.05) is 38.9 Å². The highest BCUT2D eigenvalue weighted by Crippen LogP contribution is 2.23. The van der Waals surface area contributed by atoms with Gasteiger partial charge >= 0.3 is 6.09 Å².